The molecular formula is C57H66N12O6. The number of pyridine rings is 2. The first-order valence-corrected chi connectivity index (χ1v) is 26.5. The lowest BCUT2D eigenvalue weighted by Gasteiger charge is -2.38. The van der Waals surface area contributed by atoms with E-state index < -0.39 is 5.60 Å². The number of piperidine rings is 2. The van der Waals surface area contributed by atoms with E-state index in [0.717, 1.165) is 94.2 Å². The quantitative estimate of drug-likeness (QED) is 0.148. The minimum atomic E-state index is -0.597. The van der Waals surface area contributed by atoms with Crippen LogP contribution in [0.5, 0.6) is 11.5 Å². The van der Waals surface area contributed by atoms with Gasteiger partial charge in [0.05, 0.1) is 42.7 Å². The summed E-state index contributed by atoms with van der Waals surface area (Å²) in [6, 6.07) is 20.1. The van der Waals surface area contributed by atoms with E-state index in [1.54, 1.807) is 14.2 Å². The van der Waals surface area contributed by atoms with E-state index >= 15 is 0 Å². The highest BCUT2D eigenvalue weighted by atomic mass is 16.6. The van der Waals surface area contributed by atoms with Gasteiger partial charge in [0.25, 0.3) is 11.8 Å². The first-order valence-electron chi connectivity index (χ1n) is 26.5. The summed E-state index contributed by atoms with van der Waals surface area (Å²) in [7, 11) is 7.24. The molecule has 4 aliphatic rings. The van der Waals surface area contributed by atoms with Crippen LogP contribution < -0.4 is 14.8 Å². The fourth-order valence-electron chi connectivity index (χ4n) is 12.9. The Bertz CT molecular complexity index is 3600. The van der Waals surface area contributed by atoms with Crippen LogP contribution in [0.4, 0.5) is 4.79 Å². The number of rotatable bonds is 9. The maximum absolute atomic E-state index is 14.4. The molecule has 10 heterocycles. The second kappa shape index (κ2) is 18.4. The minimum Gasteiger partial charge on any atom is -0.494 e. The molecule has 75 heavy (non-hydrogen) atoms. The van der Waals surface area contributed by atoms with Crippen LogP contribution in [0.15, 0.2) is 66.9 Å². The third-order valence-corrected chi connectivity index (χ3v) is 16.5. The molecule has 4 fully saturated rings. The molecule has 6 aromatic heterocycles. The van der Waals surface area contributed by atoms with E-state index in [9.17, 15) is 14.4 Å². The summed E-state index contributed by atoms with van der Waals surface area (Å²) in [5.74, 6) is 3.36. The van der Waals surface area contributed by atoms with E-state index in [2.05, 4.69) is 63.6 Å². The molecule has 18 heteroatoms. The monoisotopic (exact) mass is 1010 g/mol. The number of nitrogens with one attached hydrogen (secondary N) is 1. The Labute approximate surface area is 435 Å². The van der Waals surface area contributed by atoms with Crippen LogP contribution in [0.25, 0.3) is 67.2 Å². The van der Waals surface area contributed by atoms with E-state index in [1.165, 1.54) is 0 Å². The highest BCUT2D eigenvalue weighted by Crippen LogP contribution is 2.41. The Hall–Kier alpha value is -7.47. The van der Waals surface area contributed by atoms with E-state index in [1.807, 2.05) is 95.2 Å². The van der Waals surface area contributed by atoms with Crippen molar-refractivity contribution < 1.29 is 28.6 Å². The molecule has 0 saturated carbocycles. The topological polar surface area (TPSA) is 172 Å². The summed E-state index contributed by atoms with van der Waals surface area (Å²) in [4.78, 5) is 67.9. The molecule has 8 aromatic rings. The second-order valence-corrected chi connectivity index (χ2v) is 21.8. The number of methoxy groups -OCH3 is 2. The highest BCUT2D eigenvalue weighted by molar-refractivity contribution is 6.01. The maximum atomic E-state index is 14.4. The number of carbonyl (C=O) groups excluding carboxylic acids is 3. The molecule has 390 valence electrons. The third-order valence-electron chi connectivity index (χ3n) is 16.5. The number of carbonyl (C=O) groups is 3. The van der Waals surface area contributed by atoms with Crippen molar-refractivity contribution in [1.82, 2.24) is 58.2 Å². The van der Waals surface area contributed by atoms with Crippen LogP contribution >= 0.6 is 0 Å². The Balaban J connectivity index is 0.772. The molecule has 18 nitrogen and oxygen atoms in total. The number of aromatic nitrogens is 8. The molecule has 0 radical (unpaired) electrons. The van der Waals surface area contributed by atoms with Gasteiger partial charge in [0.1, 0.15) is 39.4 Å². The van der Waals surface area contributed by atoms with Crippen LogP contribution in [-0.2, 0) is 31.9 Å². The Morgan fingerprint density at radius 1 is 0.707 bits per heavy atom. The summed E-state index contributed by atoms with van der Waals surface area (Å²) in [6.07, 6.45) is 4.07. The molecule has 5 atom stereocenters. The summed E-state index contributed by atoms with van der Waals surface area (Å²) >= 11 is 0. The van der Waals surface area contributed by atoms with Gasteiger partial charge in [-0.15, -0.1) is 0 Å². The van der Waals surface area contributed by atoms with Crippen molar-refractivity contribution in [1.29, 1.82) is 0 Å². The van der Waals surface area contributed by atoms with Gasteiger partial charge in [-0.2, -0.15) is 0 Å². The molecular weight excluding hydrogens is 949 g/mol. The van der Waals surface area contributed by atoms with Gasteiger partial charge in [-0.1, -0.05) is 0 Å². The molecule has 2 aromatic carbocycles. The van der Waals surface area contributed by atoms with Crippen molar-refractivity contribution in [3.8, 4) is 34.5 Å². The molecule has 0 spiro atoms. The number of nitrogens with zero attached hydrogens (tertiary/aromatic N) is 11. The molecule has 1 unspecified atom stereocenters. The smallest absolute Gasteiger partial charge is 0.410 e. The molecule has 0 bridgehead atoms. The second-order valence-electron chi connectivity index (χ2n) is 21.8. The number of hydrogen-bond donors (Lipinski definition) is 1. The van der Waals surface area contributed by atoms with E-state index in [4.69, 9.17) is 29.2 Å². The predicted octanol–water partition coefficient (Wildman–Crippen LogP) is 8.24. The normalized spacial score (nSPS) is 20.9. The van der Waals surface area contributed by atoms with Gasteiger partial charge in [0.15, 0.2) is 11.6 Å². The first-order chi connectivity index (χ1) is 36.2. The minimum absolute atomic E-state index is 0.0367. The SMILES string of the molecule is CCn1c(-c2nc3cc(C(=O)N4CC[C@H]5C(c6ccc7cc(-c8nc9cc(C(=O)N%10CC[C@H]%11CCN(C(=O)OC(C)(C)C)[C@H]%11C%10)cc(OC)c9n8C)n(CC)c7n6)CN[C@H]5C4)cc(OC)c3n2C)cc2cccnc21. The summed E-state index contributed by atoms with van der Waals surface area (Å²) in [5.41, 5.74) is 8.15. The van der Waals surface area contributed by atoms with Crippen molar-refractivity contribution >= 4 is 62.0 Å². The van der Waals surface area contributed by atoms with Gasteiger partial charge in [-0.05, 0) is 126 Å². The van der Waals surface area contributed by atoms with Crippen molar-refractivity contribution in [2.75, 3.05) is 53.5 Å². The van der Waals surface area contributed by atoms with Gasteiger partial charge in [-0.25, -0.2) is 24.7 Å². The number of hydrogen-bond acceptors (Lipinski definition) is 11. The highest BCUT2D eigenvalue weighted by Gasteiger charge is 2.44. The van der Waals surface area contributed by atoms with Gasteiger partial charge in [-0.3, -0.25) is 9.59 Å². The van der Waals surface area contributed by atoms with Crippen molar-refractivity contribution in [3.63, 3.8) is 0 Å². The van der Waals surface area contributed by atoms with Gasteiger partial charge >= 0.3 is 6.09 Å². The first kappa shape index (κ1) is 48.5. The summed E-state index contributed by atoms with van der Waals surface area (Å²) in [5, 5.41) is 5.85. The van der Waals surface area contributed by atoms with Crippen LogP contribution in [0.2, 0.25) is 0 Å². The number of aryl methyl sites for hydroxylation is 4. The number of amides is 3. The van der Waals surface area contributed by atoms with Gasteiger partial charge in [0, 0.05) is 112 Å². The number of benzene rings is 2. The largest absolute Gasteiger partial charge is 0.494 e. The van der Waals surface area contributed by atoms with Crippen LogP contribution in [0.3, 0.4) is 0 Å². The number of likely N-dealkylation sites (tertiary alicyclic amines) is 3. The van der Waals surface area contributed by atoms with Gasteiger partial charge < -0.3 is 52.5 Å². The number of fused-ring (bicyclic) bond motifs is 6. The fraction of sp³-hybridized carbons (Fsp3) is 0.456. The van der Waals surface area contributed by atoms with E-state index in [0.29, 0.717) is 84.8 Å². The van der Waals surface area contributed by atoms with Crippen LogP contribution in [0.1, 0.15) is 86.2 Å². The zero-order valence-electron chi connectivity index (χ0n) is 44.4. The standard InChI is InChI=1S/C57H66N12O6/c1-10-67-43(25-33-13-12-19-58-50(33)67)52-61-40-23-35(27-46(73-8)48(40)63(52)6)54(70)65-21-18-37-38(29-59-42(37)30-65)39-15-14-34-26-44(68(11-2)51(34)60-39)53-62-41-24-36(28-47(74-9)49(41)64(53)7)55(71)66-20-16-32-17-22-69(45(32)31-66)56(72)75-57(3,4)5/h12-15,19,23-28,32,37-38,42,45,59H,10-11,16-18,20-22,29-31H2,1-9H3/t32-,37-,38?,42-,45-/m0/s1. The zero-order chi connectivity index (χ0) is 52.2. The Kier molecular flexibility index (Phi) is 11.9. The average Bonchev–Trinajstić information content (AvgIpc) is 4.29. The molecule has 4 aliphatic heterocycles. The van der Waals surface area contributed by atoms with Crippen molar-refractivity contribution in [2.45, 2.75) is 90.6 Å². The van der Waals surface area contributed by atoms with Crippen LogP contribution in [0, 0.1) is 11.8 Å². The zero-order valence-corrected chi connectivity index (χ0v) is 44.4. The van der Waals surface area contributed by atoms with Crippen LogP contribution in [-0.4, -0.2) is 142 Å². The maximum Gasteiger partial charge on any atom is 0.410 e. The number of ether oxygens (including phenoxy) is 3. The predicted molar refractivity (Wildman–Crippen MR) is 287 cm³/mol. The van der Waals surface area contributed by atoms with Crippen molar-refractivity contribution in [2.24, 2.45) is 25.9 Å². The lowest BCUT2D eigenvalue weighted by Crippen LogP contribution is -2.52. The Morgan fingerprint density at radius 2 is 1.29 bits per heavy atom. The summed E-state index contributed by atoms with van der Waals surface area (Å²) in [6.45, 7) is 14.9. The molecule has 1 N–H and O–H groups in total. The lowest BCUT2D eigenvalue weighted by molar-refractivity contribution is 0.0122. The average molecular weight is 1020 g/mol. The fourth-order valence-corrected chi connectivity index (χ4v) is 12.9. The van der Waals surface area contributed by atoms with E-state index in [-0.39, 0.29) is 35.9 Å². The molecule has 4 saturated heterocycles. The molecule has 3 amide bonds. The molecule has 12 rings (SSSR count). The van der Waals surface area contributed by atoms with Crippen molar-refractivity contribution in [3.05, 3.63) is 83.7 Å². The lowest BCUT2D eigenvalue weighted by atomic mass is 9.82. The third kappa shape index (κ3) is 8.05. The Morgan fingerprint density at radius 3 is 1.91 bits per heavy atom. The van der Waals surface area contributed by atoms with Gasteiger partial charge in [0.2, 0.25) is 0 Å². The summed E-state index contributed by atoms with van der Waals surface area (Å²) < 4.78 is 26.1. The number of imidazole rings is 2. The molecule has 0 aliphatic carbocycles.